The molecule has 2 nitrogen and oxygen atoms in total. The molecule has 0 radical (unpaired) electrons. The smallest absolute Gasteiger partial charge is 0.455 e. The first-order chi connectivity index (χ1) is 10.8. The van der Waals surface area contributed by atoms with Crippen molar-refractivity contribution in [1.82, 2.24) is 0 Å². The Labute approximate surface area is 129 Å². The highest BCUT2D eigenvalue weighted by molar-refractivity contribution is 5.49. The van der Waals surface area contributed by atoms with Crippen LogP contribution in [0.2, 0.25) is 0 Å². The Morgan fingerprint density at radius 2 is 1.43 bits per heavy atom. The van der Waals surface area contributed by atoms with Crippen molar-refractivity contribution in [1.29, 1.82) is 0 Å². The van der Waals surface area contributed by atoms with Crippen molar-refractivity contribution >= 4 is 5.69 Å². The van der Waals surface area contributed by atoms with E-state index in [1.807, 2.05) is 0 Å². The summed E-state index contributed by atoms with van der Waals surface area (Å²) in [6, 6.07) is 10.3. The summed E-state index contributed by atoms with van der Waals surface area (Å²) in [6.45, 7) is 0. The minimum Gasteiger partial charge on any atom is -0.497 e. The summed E-state index contributed by atoms with van der Waals surface area (Å²) in [5, 5.41) is 2.27. The second kappa shape index (κ2) is 6.44. The van der Waals surface area contributed by atoms with Gasteiger partial charge in [-0.15, -0.1) is 0 Å². The minimum atomic E-state index is -5.67. The van der Waals surface area contributed by atoms with Gasteiger partial charge in [-0.3, -0.25) is 0 Å². The van der Waals surface area contributed by atoms with Crippen LogP contribution in [0.3, 0.4) is 0 Å². The maximum Gasteiger partial charge on any atom is 0.455 e. The third-order valence-corrected chi connectivity index (χ3v) is 3.27. The topological polar surface area (TPSA) is 21.3 Å². The first-order valence-corrected chi connectivity index (χ1v) is 6.66. The highest BCUT2D eigenvalue weighted by Crippen LogP contribution is 2.46. The summed E-state index contributed by atoms with van der Waals surface area (Å²) in [7, 11) is 1.42. The van der Waals surface area contributed by atoms with E-state index in [4.69, 9.17) is 4.74 Å². The Bertz CT molecular complexity index is 625. The van der Waals surface area contributed by atoms with Gasteiger partial charge in [0, 0.05) is 5.69 Å². The molecule has 23 heavy (non-hydrogen) atoms. The van der Waals surface area contributed by atoms with Gasteiger partial charge in [-0.05, 0) is 29.8 Å². The maximum atomic E-state index is 13.9. The zero-order valence-electron chi connectivity index (χ0n) is 12.1. The van der Waals surface area contributed by atoms with Crippen molar-refractivity contribution < 1.29 is 26.7 Å². The Balaban J connectivity index is 2.37. The third kappa shape index (κ3) is 3.72. The number of hydrogen-bond acceptors (Lipinski definition) is 2. The molecule has 2 aromatic carbocycles. The predicted molar refractivity (Wildman–Crippen MR) is 76.8 cm³/mol. The fourth-order valence-electron chi connectivity index (χ4n) is 2.05. The van der Waals surface area contributed by atoms with Crippen LogP contribution >= 0.6 is 0 Å². The van der Waals surface area contributed by atoms with Crippen LogP contribution in [0.1, 0.15) is 11.6 Å². The first kappa shape index (κ1) is 17.1. The summed E-state index contributed by atoms with van der Waals surface area (Å²) < 4.78 is 71.1. The molecule has 0 aromatic heterocycles. The average Bonchev–Trinajstić information content (AvgIpc) is 2.52. The Morgan fingerprint density at radius 1 is 0.870 bits per heavy atom. The molecule has 1 N–H and O–H groups in total. The molecular weight excluding hydrogens is 317 g/mol. The van der Waals surface area contributed by atoms with E-state index in [2.05, 4.69) is 5.32 Å². The monoisotopic (exact) mass is 331 g/mol. The molecule has 0 heterocycles. The van der Waals surface area contributed by atoms with Gasteiger partial charge in [0.1, 0.15) is 11.8 Å². The van der Waals surface area contributed by atoms with Crippen LogP contribution in [-0.4, -0.2) is 19.2 Å². The molecule has 0 amide bonds. The van der Waals surface area contributed by atoms with Crippen LogP contribution < -0.4 is 10.1 Å². The lowest BCUT2D eigenvalue weighted by atomic mass is 9.99. The lowest BCUT2D eigenvalue weighted by Crippen LogP contribution is -2.45. The molecule has 0 bridgehead atoms. The van der Waals surface area contributed by atoms with Crippen LogP contribution in [0.25, 0.3) is 0 Å². The van der Waals surface area contributed by atoms with E-state index in [9.17, 15) is 22.0 Å². The number of alkyl halides is 5. The van der Waals surface area contributed by atoms with Crippen LogP contribution in [0.5, 0.6) is 5.75 Å². The summed E-state index contributed by atoms with van der Waals surface area (Å²) in [4.78, 5) is 0. The standard InChI is InChI=1S/C16H14F5NO/c1-23-13-9-7-12(8-10-13)22-14(11-5-3-2-4-6-11)15(17,18)16(19,20)21/h2-10,14,22H,1H3/t14-/m1/s1. The summed E-state index contributed by atoms with van der Waals surface area (Å²) >= 11 is 0. The Morgan fingerprint density at radius 3 is 1.91 bits per heavy atom. The SMILES string of the molecule is COc1ccc(N[C@H](c2ccccc2)C(F)(F)C(F)(F)F)cc1. The molecule has 1 atom stereocenters. The van der Waals surface area contributed by atoms with Crippen molar-refractivity contribution in [3.8, 4) is 5.75 Å². The van der Waals surface area contributed by atoms with Gasteiger partial charge in [0.15, 0.2) is 0 Å². The lowest BCUT2D eigenvalue weighted by Gasteiger charge is -2.30. The molecule has 0 aliphatic carbocycles. The van der Waals surface area contributed by atoms with Crippen molar-refractivity contribution in [3.63, 3.8) is 0 Å². The predicted octanol–water partition coefficient (Wildman–Crippen LogP) is 5.05. The Hall–Kier alpha value is -2.31. The van der Waals surface area contributed by atoms with E-state index in [0.29, 0.717) is 5.75 Å². The molecule has 7 heteroatoms. The number of nitrogens with one attached hydrogen (secondary N) is 1. The highest BCUT2D eigenvalue weighted by Gasteiger charge is 2.62. The van der Waals surface area contributed by atoms with Crippen molar-refractivity contribution in [2.24, 2.45) is 0 Å². The van der Waals surface area contributed by atoms with E-state index in [-0.39, 0.29) is 11.3 Å². The van der Waals surface area contributed by atoms with E-state index in [0.717, 1.165) is 0 Å². The van der Waals surface area contributed by atoms with Gasteiger partial charge in [-0.1, -0.05) is 30.3 Å². The van der Waals surface area contributed by atoms with Gasteiger partial charge >= 0.3 is 12.1 Å². The number of benzene rings is 2. The maximum absolute atomic E-state index is 13.9. The Kier molecular flexibility index (Phi) is 4.77. The second-order valence-corrected chi connectivity index (χ2v) is 4.84. The van der Waals surface area contributed by atoms with Crippen molar-refractivity contribution in [3.05, 3.63) is 60.2 Å². The van der Waals surface area contributed by atoms with Crippen LogP contribution in [-0.2, 0) is 0 Å². The molecule has 2 rings (SSSR count). The zero-order chi connectivity index (χ0) is 17.1. The lowest BCUT2D eigenvalue weighted by molar-refractivity contribution is -0.288. The first-order valence-electron chi connectivity index (χ1n) is 6.66. The van der Waals surface area contributed by atoms with E-state index in [1.165, 1.54) is 55.6 Å². The molecule has 0 unspecified atom stereocenters. The summed E-state index contributed by atoms with van der Waals surface area (Å²) in [6.07, 6.45) is -5.67. The van der Waals surface area contributed by atoms with E-state index < -0.39 is 18.1 Å². The highest BCUT2D eigenvalue weighted by atomic mass is 19.4. The summed E-state index contributed by atoms with van der Waals surface area (Å²) in [5.41, 5.74) is -0.0331. The van der Waals surface area contributed by atoms with Gasteiger partial charge in [0.2, 0.25) is 0 Å². The largest absolute Gasteiger partial charge is 0.497 e. The van der Waals surface area contributed by atoms with E-state index >= 15 is 0 Å². The molecule has 0 aliphatic heterocycles. The fraction of sp³-hybridized carbons (Fsp3) is 0.250. The molecule has 0 spiro atoms. The molecule has 0 aliphatic rings. The molecule has 0 saturated heterocycles. The van der Waals surface area contributed by atoms with Gasteiger partial charge in [-0.25, -0.2) is 0 Å². The van der Waals surface area contributed by atoms with Gasteiger partial charge in [0.25, 0.3) is 0 Å². The quantitative estimate of drug-likeness (QED) is 0.775. The number of halogens is 5. The van der Waals surface area contributed by atoms with Crippen LogP contribution in [0, 0.1) is 0 Å². The van der Waals surface area contributed by atoms with Crippen LogP contribution in [0.15, 0.2) is 54.6 Å². The molecule has 124 valence electrons. The summed E-state index contributed by atoms with van der Waals surface area (Å²) in [5.74, 6) is -4.47. The number of ether oxygens (including phenoxy) is 1. The van der Waals surface area contributed by atoms with Gasteiger partial charge in [0.05, 0.1) is 7.11 Å². The second-order valence-electron chi connectivity index (χ2n) is 4.84. The minimum absolute atomic E-state index is 0.128. The number of methoxy groups -OCH3 is 1. The number of anilines is 1. The number of hydrogen-bond donors (Lipinski definition) is 1. The van der Waals surface area contributed by atoms with E-state index in [1.54, 1.807) is 6.07 Å². The molecule has 0 fully saturated rings. The number of rotatable bonds is 5. The van der Waals surface area contributed by atoms with Crippen molar-refractivity contribution in [2.75, 3.05) is 12.4 Å². The fourth-order valence-corrected chi connectivity index (χ4v) is 2.05. The van der Waals surface area contributed by atoms with Gasteiger partial charge < -0.3 is 10.1 Å². The van der Waals surface area contributed by atoms with Crippen molar-refractivity contribution in [2.45, 2.75) is 18.1 Å². The third-order valence-electron chi connectivity index (χ3n) is 3.27. The molecule has 2 aromatic rings. The molecular formula is C16H14F5NO. The molecule has 0 saturated carbocycles. The van der Waals surface area contributed by atoms with Crippen LogP contribution in [0.4, 0.5) is 27.6 Å². The average molecular weight is 331 g/mol. The zero-order valence-corrected chi connectivity index (χ0v) is 12.1. The normalized spacial score (nSPS) is 13.5. The van der Waals surface area contributed by atoms with Gasteiger partial charge in [-0.2, -0.15) is 22.0 Å².